The zero-order chi connectivity index (χ0) is 26.7. The Balaban J connectivity index is 1.69. The van der Waals surface area contributed by atoms with Crippen molar-refractivity contribution < 1.29 is 27.5 Å². The molecule has 1 fully saturated rings. The molecule has 1 amide bonds. The maximum atomic E-state index is 13.3. The normalized spacial score (nSPS) is 17.6. The van der Waals surface area contributed by atoms with Crippen LogP contribution in [0.3, 0.4) is 0 Å². The molecule has 0 saturated carbocycles. The molecule has 0 bridgehead atoms. The summed E-state index contributed by atoms with van der Waals surface area (Å²) in [6.07, 6.45) is -1.65. The van der Waals surface area contributed by atoms with Crippen LogP contribution in [0.2, 0.25) is 0 Å². The first kappa shape index (κ1) is 27.3. The van der Waals surface area contributed by atoms with Gasteiger partial charge >= 0.3 is 12.1 Å². The highest BCUT2D eigenvalue weighted by Crippen LogP contribution is 2.31. The Morgan fingerprint density at radius 2 is 1.92 bits per heavy atom. The molecule has 1 aromatic carbocycles. The Morgan fingerprint density at radius 1 is 1.19 bits per heavy atom. The number of amides is 1. The van der Waals surface area contributed by atoms with Gasteiger partial charge < -0.3 is 9.64 Å². The number of esters is 1. The molecule has 2 heterocycles. The molecule has 0 aliphatic carbocycles. The van der Waals surface area contributed by atoms with Crippen molar-refractivity contribution in [3.05, 3.63) is 46.8 Å². The molecule has 0 spiro atoms. The van der Waals surface area contributed by atoms with Gasteiger partial charge in [-0.05, 0) is 69.2 Å². The van der Waals surface area contributed by atoms with Gasteiger partial charge in [0.05, 0.1) is 18.7 Å². The molecule has 0 radical (unpaired) electrons. The van der Waals surface area contributed by atoms with E-state index in [9.17, 15) is 22.8 Å². The van der Waals surface area contributed by atoms with E-state index >= 15 is 0 Å². The number of aryl methyl sites for hydroxylation is 1. The van der Waals surface area contributed by atoms with Crippen LogP contribution in [0.15, 0.2) is 24.3 Å². The van der Waals surface area contributed by atoms with Crippen LogP contribution in [-0.2, 0) is 27.0 Å². The smallest absolute Gasteiger partial charge is 0.416 e. The van der Waals surface area contributed by atoms with Crippen LogP contribution in [0.25, 0.3) is 6.08 Å². The van der Waals surface area contributed by atoms with Crippen LogP contribution in [-0.4, -0.2) is 79.7 Å². The summed E-state index contributed by atoms with van der Waals surface area (Å²) >= 11 is 0. The number of nitrogens with zero attached hydrogens (tertiary/aromatic N) is 6. The minimum Gasteiger partial charge on any atom is -0.459 e. The fraction of sp³-hybridized carbons (Fsp3) is 0.542. The zero-order valence-electron chi connectivity index (χ0n) is 21.0. The van der Waals surface area contributed by atoms with E-state index in [0.717, 1.165) is 12.1 Å². The van der Waals surface area contributed by atoms with Crippen molar-refractivity contribution in [2.24, 2.45) is 0 Å². The van der Waals surface area contributed by atoms with Gasteiger partial charge in [-0.2, -0.15) is 18.0 Å². The van der Waals surface area contributed by atoms with Crippen molar-refractivity contribution in [3.63, 3.8) is 0 Å². The van der Waals surface area contributed by atoms with Crippen LogP contribution in [0.5, 0.6) is 0 Å². The van der Waals surface area contributed by atoms with Gasteiger partial charge in [0.1, 0.15) is 5.60 Å². The molecule has 3 rings (SSSR count). The molecule has 2 aromatic rings. The first-order valence-electron chi connectivity index (χ1n) is 11.6. The highest BCUT2D eigenvalue weighted by atomic mass is 19.4. The summed E-state index contributed by atoms with van der Waals surface area (Å²) < 4.78 is 45.2. The third-order valence-corrected chi connectivity index (χ3v) is 5.51. The van der Waals surface area contributed by atoms with Gasteiger partial charge in [-0.15, -0.1) is 10.2 Å². The van der Waals surface area contributed by atoms with Gasteiger partial charge in [0.25, 0.3) is 0 Å². The molecule has 12 heteroatoms. The minimum atomic E-state index is -4.51. The number of alkyl halides is 3. The topological polar surface area (TPSA) is 93.5 Å². The molecule has 1 aromatic heterocycles. The van der Waals surface area contributed by atoms with Gasteiger partial charge in [0.15, 0.2) is 5.82 Å². The first-order chi connectivity index (χ1) is 16.7. The van der Waals surface area contributed by atoms with E-state index in [-0.39, 0.29) is 31.0 Å². The molecule has 1 saturated heterocycles. The average Bonchev–Trinajstić information content (AvgIpc) is 3.15. The lowest BCUT2D eigenvalue weighted by molar-refractivity contribution is -0.156. The molecule has 1 atom stereocenters. The first-order valence-corrected chi connectivity index (χ1v) is 11.6. The van der Waals surface area contributed by atoms with E-state index in [2.05, 4.69) is 15.4 Å². The number of piperazine rings is 1. The molecule has 9 nitrogen and oxygen atoms in total. The largest absolute Gasteiger partial charge is 0.459 e. The summed E-state index contributed by atoms with van der Waals surface area (Å²) in [4.78, 5) is 29.8. The number of hydrogen-bond acceptors (Lipinski definition) is 7. The zero-order valence-corrected chi connectivity index (χ0v) is 21.0. The monoisotopic (exact) mass is 508 g/mol. The fourth-order valence-electron chi connectivity index (χ4n) is 3.94. The summed E-state index contributed by atoms with van der Waals surface area (Å²) in [7, 11) is 0. The summed E-state index contributed by atoms with van der Waals surface area (Å²) in [5.41, 5.74) is -0.609. The Bertz CT molecular complexity index is 1120. The number of halogens is 3. The molecule has 1 aliphatic rings. The second kappa shape index (κ2) is 10.8. The van der Waals surface area contributed by atoms with Crippen molar-refractivity contribution in [1.29, 1.82) is 0 Å². The maximum absolute atomic E-state index is 13.3. The van der Waals surface area contributed by atoms with E-state index in [1.165, 1.54) is 23.0 Å². The van der Waals surface area contributed by atoms with Crippen molar-refractivity contribution in [3.8, 4) is 0 Å². The number of hydrogen-bond donors (Lipinski definition) is 0. The minimum absolute atomic E-state index is 0.0294. The lowest BCUT2D eigenvalue weighted by Gasteiger charge is -2.39. The molecule has 1 aliphatic heterocycles. The van der Waals surface area contributed by atoms with Crippen LogP contribution >= 0.6 is 0 Å². The van der Waals surface area contributed by atoms with E-state index < -0.39 is 17.3 Å². The van der Waals surface area contributed by atoms with Gasteiger partial charge in [-0.1, -0.05) is 6.07 Å². The highest BCUT2D eigenvalue weighted by molar-refractivity contribution is 5.92. The second-order valence-electron chi connectivity index (χ2n) is 9.81. The highest BCUT2D eigenvalue weighted by Gasteiger charge is 2.31. The van der Waals surface area contributed by atoms with Crippen molar-refractivity contribution in [2.45, 2.75) is 59.0 Å². The molecule has 1 unspecified atom stereocenters. The number of tetrazole rings is 1. The second-order valence-corrected chi connectivity index (χ2v) is 9.81. The summed E-state index contributed by atoms with van der Waals surface area (Å²) in [5.74, 6) is -0.185. The average molecular weight is 509 g/mol. The molecule has 0 N–H and O–H groups in total. The Kier molecular flexibility index (Phi) is 8.17. The quantitative estimate of drug-likeness (QED) is 0.438. The van der Waals surface area contributed by atoms with Crippen LogP contribution in [0.4, 0.5) is 13.2 Å². The van der Waals surface area contributed by atoms with Crippen LogP contribution < -0.4 is 0 Å². The standard InChI is InChI=1S/C24H31F3N6O3/c1-16-13-31(15-22(35)36-23(3,4)5)10-11-32(16)21(34)9-7-18-6-8-20(24(25,26)27)12-19(18)14-33-29-17(2)28-30-33/h6-9,12,16H,10-11,13-15H2,1-5H3. The number of ether oxygens (including phenoxy) is 1. The Hall–Kier alpha value is -3.28. The number of benzene rings is 1. The number of rotatable bonds is 6. The summed E-state index contributed by atoms with van der Waals surface area (Å²) in [6, 6.07) is 3.17. The predicted molar refractivity (Wildman–Crippen MR) is 126 cm³/mol. The van der Waals surface area contributed by atoms with Gasteiger partial charge in [0, 0.05) is 31.8 Å². The SMILES string of the molecule is Cc1nnn(Cc2cc(C(F)(F)F)ccc2C=CC(=O)N2CCN(CC(=O)OC(C)(C)C)CC2C)n1. The van der Waals surface area contributed by atoms with Crippen molar-refractivity contribution in [1.82, 2.24) is 30.0 Å². The third kappa shape index (κ3) is 7.61. The lowest BCUT2D eigenvalue weighted by atomic mass is 10.0. The summed E-state index contributed by atoms with van der Waals surface area (Å²) in [5, 5.41) is 11.6. The van der Waals surface area contributed by atoms with E-state index in [4.69, 9.17) is 4.74 Å². The fourth-order valence-corrected chi connectivity index (χ4v) is 3.94. The number of aromatic nitrogens is 4. The van der Waals surface area contributed by atoms with E-state index in [1.54, 1.807) is 11.8 Å². The number of carbonyl (C=O) groups excluding carboxylic acids is 2. The predicted octanol–water partition coefficient (Wildman–Crippen LogP) is 2.94. The summed E-state index contributed by atoms with van der Waals surface area (Å²) in [6.45, 7) is 10.5. The Labute approximate surface area is 207 Å². The van der Waals surface area contributed by atoms with Crippen LogP contribution in [0.1, 0.15) is 50.2 Å². The molecular weight excluding hydrogens is 477 g/mol. The third-order valence-electron chi connectivity index (χ3n) is 5.51. The van der Waals surface area contributed by atoms with Crippen LogP contribution in [0, 0.1) is 6.92 Å². The van der Waals surface area contributed by atoms with Crippen molar-refractivity contribution >= 4 is 18.0 Å². The van der Waals surface area contributed by atoms with Crippen molar-refractivity contribution in [2.75, 3.05) is 26.2 Å². The Morgan fingerprint density at radius 3 is 2.50 bits per heavy atom. The van der Waals surface area contributed by atoms with Gasteiger partial charge in [-0.3, -0.25) is 14.5 Å². The lowest BCUT2D eigenvalue weighted by Crippen LogP contribution is -2.54. The molecule has 196 valence electrons. The van der Waals surface area contributed by atoms with E-state index in [0.29, 0.717) is 36.6 Å². The molecular formula is C24H31F3N6O3. The van der Waals surface area contributed by atoms with E-state index in [1.807, 2.05) is 32.6 Å². The van der Waals surface area contributed by atoms with Gasteiger partial charge in [-0.25, -0.2) is 0 Å². The number of carbonyl (C=O) groups is 2. The van der Waals surface area contributed by atoms with Gasteiger partial charge in [0.2, 0.25) is 5.91 Å². The maximum Gasteiger partial charge on any atom is 0.416 e. The molecule has 36 heavy (non-hydrogen) atoms.